The van der Waals surface area contributed by atoms with E-state index < -0.39 is 5.41 Å². The molecule has 0 radical (unpaired) electrons. The van der Waals surface area contributed by atoms with Gasteiger partial charge in [0.1, 0.15) is 11.3 Å². The molecule has 0 spiro atoms. The van der Waals surface area contributed by atoms with Crippen LogP contribution in [0.15, 0.2) is 34.7 Å². The maximum atomic E-state index is 12.0. The van der Waals surface area contributed by atoms with Crippen LogP contribution in [0.25, 0.3) is 11.0 Å². The van der Waals surface area contributed by atoms with Gasteiger partial charge in [-0.15, -0.1) is 0 Å². The molecule has 0 bridgehead atoms. The molecule has 0 saturated heterocycles. The van der Waals surface area contributed by atoms with Crippen molar-refractivity contribution in [1.82, 2.24) is 10.6 Å². The Morgan fingerprint density at radius 1 is 1.21 bits per heavy atom. The molecule has 1 aromatic heterocycles. The van der Waals surface area contributed by atoms with Crippen molar-refractivity contribution < 1.29 is 14.0 Å². The van der Waals surface area contributed by atoms with Crippen molar-refractivity contribution >= 4 is 22.8 Å². The van der Waals surface area contributed by atoms with Gasteiger partial charge in [-0.25, -0.2) is 0 Å². The molecule has 0 unspecified atom stereocenters. The highest BCUT2D eigenvalue weighted by Gasteiger charge is 2.20. The zero-order chi connectivity index (χ0) is 17.7. The Kier molecular flexibility index (Phi) is 5.65. The van der Waals surface area contributed by atoms with Gasteiger partial charge in [-0.3, -0.25) is 9.59 Å². The van der Waals surface area contributed by atoms with Crippen molar-refractivity contribution in [2.75, 3.05) is 6.54 Å². The van der Waals surface area contributed by atoms with Crippen LogP contribution in [0.1, 0.15) is 52.3 Å². The van der Waals surface area contributed by atoms with E-state index in [1.165, 1.54) is 0 Å². The first kappa shape index (κ1) is 18.0. The summed E-state index contributed by atoms with van der Waals surface area (Å²) in [6.07, 6.45) is 0.982. The predicted molar refractivity (Wildman–Crippen MR) is 94.5 cm³/mol. The second kappa shape index (κ2) is 7.51. The van der Waals surface area contributed by atoms with E-state index in [-0.39, 0.29) is 17.9 Å². The molecule has 1 heterocycles. The maximum absolute atomic E-state index is 12.0. The van der Waals surface area contributed by atoms with Crippen molar-refractivity contribution in [2.45, 2.75) is 46.6 Å². The van der Waals surface area contributed by atoms with E-state index in [2.05, 4.69) is 10.6 Å². The van der Waals surface area contributed by atoms with E-state index >= 15 is 0 Å². The van der Waals surface area contributed by atoms with Crippen molar-refractivity contribution in [3.8, 4) is 0 Å². The van der Waals surface area contributed by atoms with Gasteiger partial charge < -0.3 is 15.1 Å². The van der Waals surface area contributed by atoms with Crippen molar-refractivity contribution in [1.29, 1.82) is 0 Å². The molecule has 0 saturated carbocycles. The lowest BCUT2D eigenvalue weighted by atomic mass is 9.96. The van der Waals surface area contributed by atoms with Crippen LogP contribution in [0.3, 0.4) is 0 Å². The lowest BCUT2D eigenvalue weighted by molar-refractivity contribution is -0.128. The molecular formula is C19H26N2O3. The van der Waals surface area contributed by atoms with Gasteiger partial charge in [0.2, 0.25) is 11.8 Å². The summed E-state index contributed by atoms with van der Waals surface area (Å²) in [5.41, 5.74) is 0.413. The highest BCUT2D eigenvalue weighted by molar-refractivity contribution is 5.81. The van der Waals surface area contributed by atoms with Gasteiger partial charge in [-0.1, -0.05) is 39.0 Å². The first-order chi connectivity index (χ1) is 11.3. The minimum absolute atomic E-state index is 0.00134. The number of hydrogen-bond acceptors (Lipinski definition) is 3. The second-order valence-corrected chi connectivity index (χ2v) is 7.09. The van der Waals surface area contributed by atoms with Crippen molar-refractivity contribution in [2.24, 2.45) is 5.41 Å². The summed E-state index contributed by atoms with van der Waals surface area (Å²) in [6.45, 7) is 8.00. The minimum Gasteiger partial charge on any atom is -0.459 e. The Bertz CT molecular complexity index is 680. The van der Waals surface area contributed by atoms with Crippen LogP contribution in [-0.4, -0.2) is 18.4 Å². The summed E-state index contributed by atoms with van der Waals surface area (Å²) in [7, 11) is 0. The molecule has 5 heteroatoms. The topological polar surface area (TPSA) is 71.3 Å². The number of carbonyl (C=O) groups is 2. The van der Waals surface area contributed by atoms with E-state index in [9.17, 15) is 9.59 Å². The zero-order valence-electron chi connectivity index (χ0n) is 14.8. The van der Waals surface area contributed by atoms with Gasteiger partial charge in [0, 0.05) is 23.8 Å². The van der Waals surface area contributed by atoms with Crippen LogP contribution in [0, 0.1) is 5.41 Å². The van der Waals surface area contributed by atoms with Crippen molar-refractivity contribution in [3.05, 3.63) is 36.1 Å². The third-order valence-electron chi connectivity index (χ3n) is 3.80. The van der Waals surface area contributed by atoms with E-state index in [4.69, 9.17) is 4.42 Å². The molecule has 0 aliphatic heterocycles. The van der Waals surface area contributed by atoms with E-state index in [1.54, 1.807) is 0 Å². The lowest BCUT2D eigenvalue weighted by Crippen LogP contribution is -2.36. The van der Waals surface area contributed by atoms with Crippen LogP contribution in [0.4, 0.5) is 0 Å². The summed E-state index contributed by atoms with van der Waals surface area (Å²) in [6, 6.07) is 9.53. The average Bonchev–Trinajstić information content (AvgIpc) is 2.94. The molecule has 24 heavy (non-hydrogen) atoms. The normalized spacial score (nSPS) is 12.8. The SMILES string of the molecule is C[C@@H](NC(=O)CCCNC(=O)C(C)(C)C)c1cc2ccccc2o1. The lowest BCUT2D eigenvalue weighted by Gasteiger charge is -2.17. The quantitative estimate of drug-likeness (QED) is 0.796. The summed E-state index contributed by atoms with van der Waals surface area (Å²) in [5.74, 6) is 0.692. The number of hydrogen-bond donors (Lipinski definition) is 2. The van der Waals surface area contributed by atoms with Crippen molar-refractivity contribution in [3.63, 3.8) is 0 Å². The van der Waals surface area contributed by atoms with Gasteiger partial charge in [-0.05, 0) is 25.5 Å². The number of benzene rings is 1. The highest BCUT2D eigenvalue weighted by atomic mass is 16.3. The summed E-state index contributed by atoms with van der Waals surface area (Å²) >= 11 is 0. The molecule has 0 fully saturated rings. The van der Waals surface area contributed by atoms with Crippen LogP contribution < -0.4 is 10.6 Å². The number of fused-ring (bicyclic) bond motifs is 1. The average molecular weight is 330 g/mol. The fraction of sp³-hybridized carbons (Fsp3) is 0.474. The fourth-order valence-electron chi connectivity index (χ4n) is 2.32. The van der Waals surface area contributed by atoms with Crippen LogP contribution in [-0.2, 0) is 9.59 Å². The number of rotatable bonds is 6. The summed E-state index contributed by atoms with van der Waals surface area (Å²) in [4.78, 5) is 23.8. The smallest absolute Gasteiger partial charge is 0.225 e. The Morgan fingerprint density at radius 3 is 2.58 bits per heavy atom. The number of furan rings is 1. The van der Waals surface area contributed by atoms with Gasteiger partial charge in [0.15, 0.2) is 0 Å². The molecule has 1 atom stereocenters. The number of para-hydroxylation sites is 1. The maximum Gasteiger partial charge on any atom is 0.225 e. The van der Waals surface area contributed by atoms with E-state index in [0.29, 0.717) is 19.4 Å². The number of amides is 2. The third kappa shape index (κ3) is 4.85. The molecular weight excluding hydrogens is 304 g/mol. The number of nitrogens with one attached hydrogen (secondary N) is 2. The molecule has 0 aliphatic carbocycles. The Balaban J connectivity index is 1.76. The first-order valence-corrected chi connectivity index (χ1v) is 8.33. The van der Waals surface area contributed by atoms with Gasteiger partial charge >= 0.3 is 0 Å². The van der Waals surface area contributed by atoms with Crippen LogP contribution >= 0.6 is 0 Å². The Labute approximate surface area is 142 Å². The van der Waals surface area contributed by atoms with Gasteiger partial charge in [0.05, 0.1) is 6.04 Å². The molecule has 2 amide bonds. The number of carbonyl (C=O) groups excluding carboxylic acids is 2. The molecule has 2 N–H and O–H groups in total. The minimum atomic E-state index is -0.405. The van der Waals surface area contributed by atoms with Crippen LogP contribution in [0.5, 0.6) is 0 Å². The van der Waals surface area contributed by atoms with Gasteiger partial charge in [0.25, 0.3) is 0 Å². The summed E-state index contributed by atoms with van der Waals surface area (Å²) < 4.78 is 5.75. The monoisotopic (exact) mass is 330 g/mol. The molecule has 5 nitrogen and oxygen atoms in total. The Hall–Kier alpha value is -2.30. The largest absolute Gasteiger partial charge is 0.459 e. The van der Waals surface area contributed by atoms with E-state index in [1.807, 2.05) is 58.0 Å². The second-order valence-electron chi connectivity index (χ2n) is 7.09. The molecule has 130 valence electrons. The predicted octanol–water partition coefficient (Wildman–Crippen LogP) is 3.55. The molecule has 2 rings (SSSR count). The zero-order valence-corrected chi connectivity index (χ0v) is 14.8. The standard InChI is InChI=1S/C19H26N2O3/c1-13(16-12-14-8-5-6-9-15(14)24-16)21-17(22)10-7-11-20-18(23)19(2,3)4/h5-6,8-9,12-13H,7,10-11H2,1-4H3,(H,20,23)(H,21,22)/t13-/m1/s1. The van der Waals surface area contributed by atoms with Gasteiger partial charge in [-0.2, -0.15) is 0 Å². The third-order valence-corrected chi connectivity index (χ3v) is 3.80. The fourth-order valence-corrected chi connectivity index (χ4v) is 2.32. The molecule has 2 aromatic rings. The van der Waals surface area contributed by atoms with Crippen LogP contribution in [0.2, 0.25) is 0 Å². The molecule has 1 aromatic carbocycles. The summed E-state index contributed by atoms with van der Waals surface area (Å²) in [5, 5.41) is 6.80. The first-order valence-electron chi connectivity index (χ1n) is 8.33. The highest BCUT2D eigenvalue weighted by Crippen LogP contribution is 2.23. The van der Waals surface area contributed by atoms with E-state index in [0.717, 1.165) is 16.7 Å². The molecule has 0 aliphatic rings. The Morgan fingerprint density at radius 2 is 1.92 bits per heavy atom.